The van der Waals surface area contributed by atoms with E-state index in [4.69, 9.17) is 14.2 Å². The zero-order valence-corrected chi connectivity index (χ0v) is 18.7. The molecule has 0 aliphatic carbocycles. The first-order valence-electron chi connectivity index (χ1n) is 10.2. The minimum Gasteiger partial charge on any atom is -0.487 e. The summed E-state index contributed by atoms with van der Waals surface area (Å²) in [7, 11) is 0. The molecule has 2 aromatic carbocycles. The molecule has 11 heteroatoms. The SMILES string of the molecule is CC(C)(C)OC(=O)C(O)C(CCOc1c(F)c(F)cc(F)c1F)NC(=O)OCc1ccccc1. The van der Waals surface area contributed by atoms with Crippen molar-refractivity contribution in [2.45, 2.75) is 51.5 Å². The second-order valence-corrected chi connectivity index (χ2v) is 8.23. The van der Waals surface area contributed by atoms with Gasteiger partial charge in [-0.3, -0.25) is 0 Å². The van der Waals surface area contributed by atoms with Crippen LogP contribution in [-0.2, 0) is 20.9 Å². The lowest BCUT2D eigenvalue weighted by Crippen LogP contribution is -2.49. The summed E-state index contributed by atoms with van der Waals surface area (Å²) in [5.41, 5.74) is -0.289. The number of alkyl carbamates (subject to hydrolysis) is 1. The minimum atomic E-state index is -1.91. The zero-order chi connectivity index (χ0) is 25.5. The van der Waals surface area contributed by atoms with Crippen LogP contribution in [0.15, 0.2) is 36.4 Å². The maximum absolute atomic E-state index is 13.8. The molecule has 2 unspecified atom stereocenters. The van der Waals surface area contributed by atoms with Crippen molar-refractivity contribution in [3.8, 4) is 5.75 Å². The summed E-state index contributed by atoms with van der Waals surface area (Å²) in [6.45, 7) is 3.92. The van der Waals surface area contributed by atoms with Gasteiger partial charge in [-0.1, -0.05) is 30.3 Å². The summed E-state index contributed by atoms with van der Waals surface area (Å²) in [5.74, 6) is -9.23. The summed E-state index contributed by atoms with van der Waals surface area (Å²) >= 11 is 0. The number of nitrogens with one attached hydrogen (secondary N) is 1. The number of hydrogen-bond acceptors (Lipinski definition) is 6. The van der Waals surface area contributed by atoms with Gasteiger partial charge in [-0.05, 0) is 26.3 Å². The van der Waals surface area contributed by atoms with Crippen LogP contribution in [-0.4, -0.2) is 41.5 Å². The fourth-order valence-electron chi connectivity index (χ4n) is 2.72. The number of carbonyl (C=O) groups excluding carboxylic acids is 2. The van der Waals surface area contributed by atoms with E-state index < -0.39 is 71.9 Å². The average Bonchev–Trinajstić information content (AvgIpc) is 2.77. The standard InChI is InChI=1S/C23H25F4NO6/c1-23(2,3)34-21(30)19(29)16(28-22(31)33-12-13-7-5-4-6-8-13)9-10-32-20-17(26)14(24)11-15(25)18(20)27/h4-8,11,16,19,29H,9-10,12H2,1-3H3,(H,28,31). The Morgan fingerprint density at radius 2 is 1.62 bits per heavy atom. The highest BCUT2D eigenvalue weighted by Gasteiger charge is 2.32. The van der Waals surface area contributed by atoms with E-state index in [0.29, 0.717) is 5.56 Å². The third kappa shape index (κ3) is 7.91. The summed E-state index contributed by atoms with van der Waals surface area (Å²) in [5, 5.41) is 12.7. The molecule has 0 spiro atoms. The molecule has 0 saturated carbocycles. The highest BCUT2D eigenvalue weighted by molar-refractivity contribution is 5.77. The normalized spacial score (nSPS) is 13.1. The lowest BCUT2D eigenvalue weighted by Gasteiger charge is -2.26. The molecule has 0 aliphatic rings. The van der Waals surface area contributed by atoms with Crippen molar-refractivity contribution in [1.29, 1.82) is 0 Å². The van der Waals surface area contributed by atoms with Crippen LogP contribution in [0.4, 0.5) is 22.4 Å². The summed E-state index contributed by atoms with van der Waals surface area (Å²) in [6, 6.07) is 7.28. The number of ether oxygens (including phenoxy) is 3. The molecule has 2 aromatic rings. The molecule has 2 N–H and O–H groups in total. The van der Waals surface area contributed by atoms with Crippen LogP contribution < -0.4 is 10.1 Å². The van der Waals surface area contributed by atoms with E-state index in [1.165, 1.54) is 0 Å². The van der Waals surface area contributed by atoms with E-state index >= 15 is 0 Å². The van der Waals surface area contributed by atoms with Gasteiger partial charge in [-0.15, -0.1) is 0 Å². The lowest BCUT2D eigenvalue weighted by atomic mass is 10.1. The third-order valence-corrected chi connectivity index (χ3v) is 4.29. The second-order valence-electron chi connectivity index (χ2n) is 8.23. The minimum absolute atomic E-state index is 0.0247. The molecule has 2 rings (SSSR count). The van der Waals surface area contributed by atoms with Gasteiger partial charge in [0.15, 0.2) is 23.5 Å². The Hall–Kier alpha value is -3.34. The van der Waals surface area contributed by atoms with E-state index in [-0.39, 0.29) is 12.7 Å². The number of esters is 1. The van der Waals surface area contributed by atoms with Crippen molar-refractivity contribution in [1.82, 2.24) is 5.32 Å². The molecule has 0 fully saturated rings. The third-order valence-electron chi connectivity index (χ3n) is 4.29. The van der Waals surface area contributed by atoms with Crippen LogP contribution in [0.3, 0.4) is 0 Å². The maximum Gasteiger partial charge on any atom is 0.407 e. The molecule has 34 heavy (non-hydrogen) atoms. The smallest absolute Gasteiger partial charge is 0.407 e. The highest BCUT2D eigenvalue weighted by Crippen LogP contribution is 2.26. The zero-order valence-electron chi connectivity index (χ0n) is 18.7. The average molecular weight is 487 g/mol. The predicted octanol–water partition coefficient (Wildman–Crippen LogP) is 4.01. The quantitative estimate of drug-likeness (QED) is 0.315. The number of aliphatic hydroxyl groups excluding tert-OH is 1. The molecule has 186 valence electrons. The van der Waals surface area contributed by atoms with Crippen molar-refractivity contribution < 1.29 is 46.5 Å². The van der Waals surface area contributed by atoms with Crippen molar-refractivity contribution >= 4 is 12.1 Å². The van der Waals surface area contributed by atoms with Gasteiger partial charge < -0.3 is 24.6 Å². The Kier molecular flexibility index (Phi) is 9.25. The molecule has 0 heterocycles. The van der Waals surface area contributed by atoms with Gasteiger partial charge >= 0.3 is 12.1 Å². The molecule has 0 radical (unpaired) electrons. The lowest BCUT2D eigenvalue weighted by molar-refractivity contribution is -0.166. The first kappa shape index (κ1) is 26.9. The van der Waals surface area contributed by atoms with Gasteiger partial charge in [-0.25, -0.2) is 18.4 Å². The number of benzene rings is 2. The maximum atomic E-state index is 13.8. The second kappa shape index (κ2) is 11.7. The summed E-state index contributed by atoms with van der Waals surface area (Å²) in [6.07, 6.45) is -3.32. The monoisotopic (exact) mass is 487 g/mol. The van der Waals surface area contributed by atoms with Crippen LogP contribution in [0.25, 0.3) is 0 Å². The fourth-order valence-corrected chi connectivity index (χ4v) is 2.72. The van der Waals surface area contributed by atoms with Gasteiger partial charge in [0.25, 0.3) is 0 Å². The number of amides is 1. The van der Waals surface area contributed by atoms with E-state index in [1.807, 2.05) is 0 Å². The number of aliphatic hydroxyl groups is 1. The van der Waals surface area contributed by atoms with E-state index in [0.717, 1.165) is 0 Å². The van der Waals surface area contributed by atoms with Crippen molar-refractivity contribution in [3.63, 3.8) is 0 Å². The molecule has 7 nitrogen and oxygen atoms in total. The highest BCUT2D eigenvalue weighted by atomic mass is 19.2. The van der Waals surface area contributed by atoms with E-state index in [1.54, 1.807) is 51.1 Å². The Bertz CT molecular complexity index is 971. The van der Waals surface area contributed by atoms with Crippen molar-refractivity contribution in [3.05, 3.63) is 65.2 Å². The number of carbonyl (C=O) groups is 2. The number of halogens is 4. The van der Waals surface area contributed by atoms with Gasteiger partial charge in [-0.2, -0.15) is 8.78 Å². The number of hydrogen-bond donors (Lipinski definition) is 2. The van der Waals surface area contributed by atoms with Crippen molar-refractivity contribution in [2.75, 3.05) is 6.61 Å². The molecule has 0 aromatic heterocycles. The molecule has 0 saturated heterocycles. The summed E-state index contributed by atoms with van der Waals surface area (Å²) < 4.78 is 69.2. The molecule has 2 atom stereocenters. The van der Waals surface area contributed by atoms with Crippen LogP contribution in [0.1, 0.15) is 32.8 Å². The molecule has 1 amide bonds. The Labute approximate surface area is 193 Å². The fraction of sp³-hybridized carbons (Fsp3) is 0.391. The van der Waals surface area contributed by atoms with Crippen LogP contribution in [0, 0.1) is 23.3 Å². The van der Waals surface area contributed by atoms with Gasteiger partial charge in [0.1, 0.15) is 12.2 Å². The topological polar surface area (TPSA) is 94.1 Å². The summed E-state index contributed by atoms with van der Waals surface area (Å²) in [4.78, 5) is 24.5. The first-order valence-corrected chi connectivity index (χ1v) is 10.2. The van der Waals surface area contributed by atoms with Crippen LogP contribution >= 0.6 is 0 Å². The van der Waals surface area contributed by atoms with Gasteiger partial charge in [0, 0.05) is 12.5 Å². The van der Waals surface area contributed by atoms with Crippen LogP contribution in [0.2, 0.25) is 0 Å². The predicted molar refractivity (Wildman–Crippen MR) is 112 cm³/mol. The molecule has 0 bridgehead atoms. The largest absolute Gasteiger partial charge is 0.487 e. The number of rotatable bonds is 9. The molecular formula is C23H25F4NO6. The van der Waals surface area contributed by atoms with Crippen LogP contribution in [0.5, 0.6) is 5.75 Å². The Morgan fingerprint density at radius 3 is 2.18 bits per heavy atom. The Balaban J connectivity index is 2.09. The van der Waals surface area contributed by atoms with E-state index in [9.17, 15) is 32.3 Å². The van der Waals surface area contributed by atoms with Gasteiger partial charge in [0.05, 0.1) is 12.6 Å². The van der Waals surface area contributed by atoms with Gasteiger partial charge in [0.2, 0.25) is 11.6 Å². The molecule has 0 aliphatic heterocycles. The Morgan fingerprint density at radius 1 is 1.03 bits per heavy atom. The van der Waals surface area contributed by atoms with Crippen molar-refractivity contribution in [2.24, 2.45) is 0 Å². The van der Waals surface area contributed by atoms with E-state index in [2.05, 4.69) is 5.32 Å². The molecular weight excluding hydrogens is 462 g/mol. The first-order chi connectivity index (χ1) is 15.9.